The van der Waals surface area contributed by atoms with Gasteiger partial charge in [0.15, 0.2) is 11.5 Å². The SMILES string of the molecule is COCc1c(C(=O)N2[C@@H]3CC[C@H]2Cc2nnc(-c4cccnc4)n2C3)noc1C. The summed E-state index contributed by atoms with van der Waals surface area (Å²) in [4.78, 5) is 19.6. The van der Waals surface area contributed by atoms with Gasteiger partial charge in [0.1, 0.15) is 11.6 Å². The van der Waals surface area contributed by atoms with Crippen LogP contribution in [0.25, 0.3) is 11.4 Å². The first-order chi connectivity index (χ1) is 14.2. The number of ether oxygens (including phenoxy) is 1. The van der Waals surface area contributed by atoms with Crippen molar-refractivity contribution >= 4 is 5.91 Å². The summed E-state index contributed by atoms with van der Waals surface area (Å²) in [7, 11) is 1.60. The van der Waals surface area contributed by atoms with Gasteiger partial charge in [0, 0.05) is 44.1 Å². The Morgan fingerprint density at radius 1 is 1.31 bits per heavy atom. The average molecular weight is 394 g/mol. The standard InChI is InChI=1S/C20H22N6O3/c1-12-16(11-28-2)18(24-29-12)20(27)26-14-5-6-15(26)10-25-17(8-14)22-23-19(25)13-4-3-7-21-9-13/h3-4,7,9,14-15H,5-6,8,10-11H2,1-2H3/t14-,15+/m0/s1. The molecule has 29 heavy (non-hydrogen) atoms. The summed E-state index contributed by atoms with van der Waals surface area (Å²) >= 11 is 0. The third-order valence-corrected chi connectivity index (χ3v) is 5.89. The molecule has 0 N–H and O–H groups in total. The number of aromatic nitrogens is 5. The van der Waals surface area contributed by atoms with Crippen LogP contribution in [0, 0.1) is 6.92 Å². The lowest BCUT2D eigenvalue weighted by atomic mass is 10.1. The lowest BCUT2D eigenvalue weighted by Crippen LogP contribution is -2.42. The van der Waals surface area contributed by atoms with Gasteiger partial charge in [-0.15, -0.1) is 10.2 Å². The first-order valence-corrected chi connectivity index (χ1v) is 9.76. The summed E-state index contributed by atoms with van der Waals surface area (Å²) in [6.45, 7) is 2.76. The van der Waals surface area contributed by atoms with Crippen LogP contribution < -0.4 is 0 Å². The molecule has 9 nitrogen and oxygen atoms in total. The predicted octanol–water partition coefficient (Wildman–Crippen LogP) is 2.01. The molecule has 1 saturated heterocycles. The Kier molecular flexibility index (Phi) is 4.39. The molecular formula is C20H22N6O3. The molecule has 0 aromatic carbocycles. The highest BCUT2D eigenvalue weighted by Gasteiger charge is 2.43. The van der Waals surface area contributed by atoms with Crippen molar-refractivity contribution in [1.82, 2.24) is 29.8 Å². The van der Waals surface area contributed by atoms with Gasteiger partial charge in [0.2, 0.25) is 0 Å². The number of rotatable bonds is 4. The van der Waals surface area contributed by atoms with Crippen LogP contribution in [0.1, 0.15) is 40.5 Å². The minimum absolute atomic E-state index is 0.0626. The van der Waals surface area contributed by atoms with Crippen LogP contribution in [-0.4, -0.2) is 54.9 Å². The molecule has 0 spiro atoms. The number of hydrogen-bond acceptors (Lipinski definition) is 7. The molecule has 150 valence electrons. The molecule has 2 aliphatic heterocycles. The third kappa shape index (κ3) is 2.93. The maximum Gasteiger partial charge on any atom is 0.277 e. The lowest BCUT2D eigenvalue weighted by Gasteiger charge is -2.27. The Labute approximate surface area is 167 Å². The predicted molar refractivity (Wildman–Crippen MR) is 102 cm³/mol. The summed E-state index contributed by atoms with van der Waals surface area (Å²) in [6, 6.07) is 4.01. The van der Waals surface area contributed by atoms with Gasteiger partial charge in [-0.3, -0.25) is 9.78 Å². The molecular weight excluding hydrogens is 372 g/mol. The summed E-state index contributed by atoms with van der Waals surface area (Å²) in [5, 5.41) is 12.9. The normalized spacial score (nSPS) is 20.6. The van der Waals surface area contributed by atoms with Crippen molar-refractivity contribution in [2.24, 2.45) is 0 Å². The number of fused-ring (bicyclic) bond motifs is 3. The number of pyridine rings is 1. The minimum Gasteiger partial charge on any atom is -0.380 e. The van der Waals surface area contributed by atoms with Crippen molar-refractivity contribution in [3.8, 4) is 11.4 Å². The molecule has 0 radical (unpaired) electrons. The fourth-order valence-corrected chi connectivity index (χ4v) is 4.48. The molecule has 3 aromatic rings. The zero-order chi connectivity index (χ0) is 20.0. The molecule has 1 fully saturated rings. The molecule has 0 saturated carbocycles. The summed E-state index contributed by atoms with van der Waals surface area (Å²) in [6.07, 6.45) is 6.09. The summed E-state index contributed by atoms with van der Waals surface area (Å²) < 4.78 is 12.7. The molecule has 9 heteroatoms. The third-order valence-electron chi connectivity index (χ3n) is 5.89. The van der Waals surface area contributed by atoms with Crippen LogP contribution in [0.15, 0.2) is 29.0 Å². The smallest absolute Gasteiger partial charge is 0.277 e. The van der Waals surface area contributed by atoms with Crippen molar-refractivity contribution in [3.63, 3.8) is 0 Å². The topological polar surface area (TPSA) is 99.2 Å². The van der Waals surface area contributed by atoms with Gasteiger partial charge in [0.25, 0.3) is 5.91 Å². The summed E-state index contributed by atoms with van der Waals surface area (Å²) in [5.74, 6) is 2.23. The Morgan fingerprint density at radius 3 is 2.97 bits per heavy atom. The van der Waals surface area contributed by atoms with E-state index in [1.165, 1.54) is 0 Å². The van der Waals surface area contributed by atoms with Gasteiger partial charge in [-0.25, -0.2) is 0 Å². The molecule has 0 aliphatic carbocycles. The van der Waals surface area contributed by atoms with E-state index in [0.29, 0.717) is 31.0 Å². The first kappa shape index (κ1) is 18.0. The van der Waals surface area contributed by atoms with E-state index in [-0.39, 0.29) is 18.0 Å². The van der Waals surface area contributed by atoms with E-state index >= 15 is 0 Å². The van der Waals surface area contributed by atoms with Crippen LogP contribution in [0.2, 0.25) is 0 Å². The van der Waals surface area contributed by atoms with E-state index in [4.69, 9.17) is 9.26 Å². The van der Waals surface area contributed by atoms with Crippen LogP contribution in [0.5, 0.6) is 0 Å². The van der Waals surface area contributed by atoms with Gasteiger partial charge in [-0.2, -0.15) is 0 Å². The highest BCUT2D eigenvalue weighted by Crippen LogP contribution is 2.34. The second-order valence-electron chi connectivity index (χ2n) is 7.59. The van der Waals surface area contributed by atoms with Crippen LogP contribution >= 0.6 is 0 Å². The molecule has 2 bridgehead atoms. The summed E-state index contributed by atoms with van der Waals surface area (Å²) in [5.41, 5.74) is 2.00. The zero-order valence-corrected chi connectivity index (χ0v) is 16.4. The van der Waals surface area contributed by atoms with Crippen LogP contribution in [-0.2, 0) is 24.3 Å². The number of amides is 1. The van der Waals surface area contributed by atoms with Gasteiger partial charge >= 0.3 is 0 Å². The van der Waals surface area contributed by atoms with E-state index in [1.807, 2.05) is 17.0 Å². The minimum atomic E-state index is -0.0944. The largest absolute Gasteiger partial charge is 0.380 e. The highest BCUT2D eigenvalue weighted by atomic mass is 16.5. The molecule has 2 atom stereocenters. The van der Waals surface area contributed by atoms with Gasteiger partial charge < -0.3 is 18.7 Å². The quantitative estimate of drug-likeness (QED) is 0.667. The molecule has 2 aliphatic rings. The molecule has 5 rings (SSSR count). The Balaban J connectivity index is 1.48. The number of carbonyl (C=O) groups is 1. The van der Waals surface area contributed by atoms with Gasteiger partial charge in [-0.05, 0) is 31.9 Å². The van der Waals surface area contributed by atoms with E-state index in [0.717, 1.165) is 35.6 Å². The molecule has 3 aromatic heterocycles. The number of nitrogens with zero attached hydrogens (tertiary/aromatic N) is 6. The lowest BCUT2D eigenvalue weighted by molar-refractivity contribution is 0.0651. The number of hydrogen-bond donors (Lipinski definition) is 0. The zero-order valence-electron chi connectivity index (χ0n) is 16.4. The Bertz CT molecular complexity index is 1040. The van der Waals surface area contributed by atoms with Gasteiger partial charge in [-0.1, -0.05) is 5.16 Å². The van der Waals surface area contributed by atoms with Crippen molar-refractivity contribution in [2.75, 3.05) is 7.11 Å². The van der Waals surface area contributed by atoms with Gasteiger partial charge in [0.05, 0.1) is 18.2 Å². The first-order valence-electron chi connectivity index (χ1n) is 9.76. The fraction of sp³-hybridized carbons (Fsp3) is 0.450. The van der Waals surface area contributed by atoms with Crippen molar-refractivity contribution < 1.29 is 14.1 Å². The fourth-order valence-electron chi connectivity index (χ4n) is 4.48. The highest BCUT2D eigenvalue weighted by molar-refractivity contribution is 5.94. The second-order valence-corrected chi connectivity index (χ2v) is 7.59. The van der Waals surface area contributed by atoms with E-state index in [9.17, 15) is 4.79 Å². The van der Waals surface area contributed by atoms with Crippen LogP contribution in [0.3, 0.4) is 0 Å². The van der Waals surface area contributed by atoms with E-state index in [1.54, 1.807) is 26.4 Å². The molecule has 5 heterocycles. The Hall–Kier alpha value is -3.07. The van der Waals surface area contributed by atoms with Crippen molar-refractivity contribution in [3.05, 3.63) is 47.4 Å². The number of aryl methyl sites for hydroxylation is 1. The second kappa shape index (κ2) is 7.07. The van der Waals surface area contributed by atoms with Crippen molar-refractivity contribution in [1.29, 1.82) is 0 Å². The van der Waals surface area contributed by atoms with E-state index in [2.05, 4.69) is 24.9 Å². The van der Waals surface area contributed by atoms with Crippen LogP contribution in [0.4, 0.5) is 0 Å². The maximum atomic E-state index is 13.4. The monoisotopic (exact) mass is 394 g/mol. The number of methoxy groups -OCH3 is 1. The number of carbonyl (C=O) groups excluding carboxylic acids is 1. The average Bonchev–Trinajstić information content (AvgIpc) is 3.38. The maximum absolute atomic E-state index is 13.4. The Morgan fingerprint density at radius 2 is 2.17 bits per heavy atom. The molecule has 1 amide bonds. The van der Waals surface area contributed by atoms with Crippen molar-refractivity contribution in [2.45, 2.75) is 51.4 Å². The van der Waals surface area contributed by atoms with E-state index < -0.39 is 0 Å². The molecule has 0 unspecified atom stereocenters.